The molecular formula is C25H23FN4O4. The molecule has 4 aromatic rings. The highest BCUT2D eigenvalue weighted by molar-refractivity contribution is 5.91. The molecule has 1 N–H and O–H groups in total. The summed E-state index contributed by atoms with van der Waals surface area (Å²) in [5.74, 6) is -0.723. The average molecular weight is 462 g/mol. The van der Waals surface area contributed by atoms with Crippen LogP contribution >= 0.6 is 0 Å². The highest BCUT2D eigenvalue weighted by Gasteiger charge is 2.21. The second-order valence-corrected chi connectivity index (χ2v) is 7.97. The third-order valence-electron chi connectivity index (χ3n) is 5.50. The SMILES string of the molecule is COc1ccccc1-n1c(=O)n(CC(=O)Nc2ccc(C)c(F)c2)c(=O)c2c(C)cc(C)nc21. The van der Waals surface area contributed by atoms with Gasteiger partial charge in [-0.25, -0.2) is 23.3 Å². The van der Waals surface area contributed by atoms with E-state index in [1.54, 1.807) is 57.2 Å². The standard InChI is InChI=1S/C25H23FN4O4/c1-14-9-10-17(12-18(14)26)28-21(31)13-29-24(32)22-15(2)11-16(3)27-23(22)30(25(29)33)19-7-5-6-8-20(19)34-4/h5-12H,13H2,1-4H3,(H,28,31). The van der Waals surface area contributed by atoms with Gasteiger partial charge in [0.2, 0.25) is 5.91 Å². The number of carbonyl (C=O) groups excluding carboxylic acids is 1. The van der Waals surface area contributed by atoms with Gasteiger partial charge in [0, 0.05) is 11.4 Å². The molecule has 8 nitrogen and oxygen atoms in total. The third kappa shape index (κ3) is 4.07. The van der Waals surface area contributed by atoms with Crippen LogP contribution < -0.4 is 21.3 Å². The van der Waals surface area contributed by atoms with Gasteiger partial charge in [0.05, 0.1) is 18.2 Å². The zero-order valence-corrected chi connectivity index (χ0v) is 19.2. The number of hydrogen-bond acceptors (Lipinski definition) is 5. The second-order valence-electron chi connectivity index (χ2n) is 7.97. The van der Waals surface area contributed by atoms with Crippen LogP contribution in [0.3, 0.4) is 0 Å². The zero-order chi connectivity index (χ0) is 24.6. The molecule has 2 aromatic carbocycles. The van der Waals surface area contributed by atoms with E-state index in [0.29, 0.717) is 28.3 Å². The number of para-hydroxylation sites is 2. The Hall–Kier alpha value is -4.27. The summed E-state index contributed by atoms with van der Waals surface area (Å²) in [6.07, 6.45) is 0. The Labute approximate surface area is 194 Å². The fourth-order valence-corrected chi connectivity index (χ4v) is 3.86. The molecule has 0 saturated heterocycles. The molecule has 34 heavy (non-hydrogen) atoms. The number of carbonyl (C=O) groups is 1. The molecule has 0 aliphatic heterocycles. The lowest BCUT2D eigenvalue weighted by molar-refractivity contribution is -0.116. The van der Waals surface area contributed by atoms with Crippen molar-refractivity contribution < 1.29 is 13.9 Å². The van der Waals surface area contributed by atoms with Crippen molar-refractivity contribution in [2.45, 2.75) is 27.3 Å². The molecule has 0 fully saturated rings. The van der Waals surface area contributed by atoms with Crippen LogP contribution in [0.25, 0.3) is 16.7 Å². The fourth-order valence-electron chi connectivity index (χ4n) is 3.86. The number of aromatic nitrogens is 3. The molecule has 0 radical (unpaired) electrons. The normalized spacial score (nSPS) is 11.0. The van der Waals surface area contributed by atoms with Gasteiger partial charge >= 0.3 is 5.69 Å². The van der Waals surface area contributed by atoms with E-state index in [9.17, 15) is 18.8 Å². The van der Waals surface area contributed by atoms with Gasteiger partial charge < -0.3 is 10.1 Å². The first kappa shape index (κ1) is 22.9. The molecule has 174 valence electrons. The van der Waals surface area contributed by atoms with Crippen LogP contribution in [0, 0.1) is 26.6 Å². The van der Waals surface area contributed by atoms with Crippen molar-refractivity contribution in [1.29, 1.82) is 0 Å². The number of aryl methyl sites for hydroxylation is 3. The van der Waals surface area contributed by atoms with E-state index >= 15 is 0 Å². The fraction of sp³-hybridized carbons (Fsp3) is 0.200. The number of rotatable bonds is 5. The number of methoxy groups -OCH3 is 1. The topological polar surface area (TPSA) is 95.2 Å². The third-order valence-corrected chi connectivity index (χ3v) is 5.50. The first-order valence-corrected chi connectivity index (χ1v) is 10.5. The van der Waals surface area contributed by atoms with Crippen LogP contribution in [0.5, 0.6) is 5.75 Å². The van der Waals surface area contributed by atoms with E-state index in [1.807, 2.05) is 0 Å². The smallest absolute Gasteiger partial charge is 0.337 e. The lowest BCUT2D eigenvalue weighted by Crippen LogP contribution is -2.42. The van der Waals surface area contributed by atoms with E-state index in [-0.39, 0.29) is 16.7 Å². The van der Waals surface area contributed by atoms with E-state index in [1.165, 1.54) is 23.8 Å². The second kappa shape index (κ2) is 8.93. The van der Waals surface area contributed by atoms with Gasteiger partial charge in [-0.05, 0) is 62.2 Å². The average Bonchev–Trinajstić information content (AvgIpc) is 2.79. The van der Waals surface area contributed by atoms with Crippen molar-refractivity contribution in [3.63, 3.8) is 0 Å². The summed E-state index contributed by atoms with van der Waals surface area (Å²) in [4.78, 5) is 44.1. The summed E-state index contributed by atoms with van der Waals surface area (Å²) in [5.41, 5.74) is 1.07. The van der Waals surface area contributed by atoms with Crippen LogP contribution in [0.2, 0.25) is 0 Å². The van der Waals surface area contributed by atoms with E-state index in [4.69, 9.17) is 4.74 Å². The Bertz CT molecular complexity index is 1560. The lowest BCUT2D eigenvalue weighted by Gasteiger charge is -2.17. The Kier molecular flexibility index (Phi) is 6.02. The zero-order valence-electron chi connectivity index (χ0n) is 19.2. The van der Waals surface area contributed by atoms with E-state index < -0.39 is 29.5 Å². The Balaban J connectivity index is 1.91. The van der Waals surface area contributed by atoms with Gasteiger partial charge in [0.15, 0.2) is 5.65 Å². The minimum absolute atomic E-state index is 0.175. The maximum absolute atomic E-state index is 13.9. The molecule has 0 spiro atoms. The summed E-state index contributed by atoms with van der Waals surface area (Å²) in [6.45, 7) is 4.55. The quantitative estimate of drug-likeness (QED) is 0.491. The number of ether oxygens (including phenoxy) is 1. The van der Waals surface area contributed by atoms with Crippen molar-refractivity contribution >= 4 is 22.6 Å². The first-order chi connectivity index (χ1) is 16.2. The lowest BCUT2D eigenvalue weighted by atomic mass is 10.1. The molecule has 0 aliphatic carbocycles. The monoisotopic (exact) mass is 462 g/mol. The minimum Gasteiger partial charge on any atom is -0.495 e. The largest absolute Gasteiger partial charge is 0.495 e. The number of nitrogens with one attached hydrogen (secondary N) is 1. The van der Waals surface area contributed by atoms with Crippen molar-refractivity contribution in [3.8, 4) is 11.4 Å². The number of amides is 1. The van der Waals surface area contributed by atoms with Crippen molar-refractivity contribution in [3.05, 3.63) is 92.0 Å². The van der Waals surface area contributed by atoms with Crippen LogP contribution in [-0.4, -0.2) is 27.1 Å². The predicted molar refractivity (Wildman–Crippen MR) is 127 cm³/mol. The van der Waals surface area contributed by atoms with Crippen LogP contribution in [-0.2, 0) is 11.3 Å². The molecule has 0 unspecified atom stereocenters. The predicted octanol–water partition coefficient (Wildman–Crippen LogP) is 3.26. The van der Waals surface area contributed by atoms with Gasteiger partial charge in [0.25, 0.3) is 5.56 Å². The summed E-state index contributed by atoms with van der Waals surface area (Å²) in [7, 11) is 1.47. The number of nitrogens with zero attached hydrogens (tertiary/aromatic N) is 3. The number of halogens is 1. The van der Waals surface area contributed by atoms with Gasteiger partial charge in [-0.2, -0.15) is 0 Å². The van der Waals surface area contributed by atoms with Crippen molar-refractivity contribution in [1.82, 2.24) is 14.1 Å². The number of fused-ring (bicyclic) bond motifs is 1. The molecule has 2 aromatic heterocycles. The highest BCUT2D eigenvalue weighted by Crippen LogP contribution is 2.24. The molecule has 4 rings (SSSR count). The van der Waals surface area contributed by atoms with Crippen LogP contribution in [0.15, 0.2) is 58.1 Å². The summed E-state index contributed by atoms with van der Waals surface area (Å²) in [5, 5.41) is 2.75. The van der Waals surface area contributed by atoms with Gasteiger partial charge in [-0.15, -0.1) is 0 Å². The van der Waals surface area contributed by atoms with E-state index in [2.05, 4.69) is 10.3 Å². The number of benzene rings is 2. The first-order valence-electron chi connectivity index (χ1n) is 10.5. The molecule has 2 heterocycles. The van der Waals surface area contributed by atoms with E-state index in [0.717, 1.165) is 4.57 Å². The van der Waals surface area contributed by atoms with Gasteiger partial charge in [-0.1, -0.05) is 18.2 Å². The van der Waals surface area contributed by atoms with Gasteiger partial charge in [0.1, 0.15) is 18.1 Å². The summed E-state index contributed by atoms with van der Waals surface area (Å²) in [6, 6.07) is 12.8. The minimum atomic E-state index is -0.746. The molecule has 0 atom stereocenters. The highest BCUT2D eigenvalue weighted by atomic mass is 19.1. The number of pyridine rings is 1. The van der Waals surface area contributed by atoms with Crippen molar-refractivity contribution in [2.75, 3.05) is 12.4 Å². The Morgan fingerprint density at radius 1 is 1.06 bits per heavy atom. The molecule has 9 heteroatoms. The molecule has 1 amide bonds. The maximum Gasteiger partial charge on any atom is 0.337 e. The van der Waals surface area contributed by atoms with Crippen LogP contribution in [0.4, 0.5) is 10.1 Å². The van der Waals surface area contributed by atoms with Crippen LogP contribution in [0.1, 0.15) is 16.8 Å². The molecular weight excluding hydrogens is 439 g/mol. The van der Waals surface area contributed by atoms with Crippen molar-refractivity contribution in [2.24, 2.45) is 0 Å². The number of hydrogen-bond donors (Lipinski definition) is 1. The Morgan fingerprint density at radius 3 is 2.50 bits per heavy atom. The molecule has 0 bridgehead atoms. The number of anilines is 1. The summed E-state index contributed by atoms with van der Waals surface area (Å²) < 4.78 is 21.4. The molecule has 0 aliphatic rings. The summed E-state index contributed by atoms with van der Waals surface area (Å²) >= 11 is 0. The van der Waals surface area contributed by atoms with Gasteiger partial charge in [-0.3, -0.25) is 9.59 Å². The molecule has 0 saturated carbocycles. The Morgan fingerprint density at radius 2 is 1.79 bits per heavy atom. The maximum atomic E-state index is 13.9.